The third kappa shape index (κ3) is 3.11. The van der Waals surface area contributed by atoms with Crippen LogP contribution in [0, 0.1) is 0 Å². The molecule has 1 aromatic carbocycles. The van der Waals surface area contributed by atoms with Crippen molar-refractivity contribution in [1.29, 1.82) is 0 Å². The SMILES string of the molecule is CCSCc1nc(O)c(-c2ccccc2Cl)c(=O)[nH]1. The zero-order chi connectivity index (χ0) is 13.8. The van der Waals surface area contributed by atoms with E-state index in [0.29, 0.717) is 22.2 Å². The lowest BCUT2D eigenvalue weighted by Gasteiger charge is -2.07. The molecule has 2 aromatic rings. The molecule has 0 fully saturated rings. The van der Waals surface area contributed by atoms with Crippen molar-refractivity contribution in [2.75, 3.05) is 5.75 Å². The Hall–Kier alpha value is -1.46. The van der Waals surface area contributed by atoms with E-state index in [0.717, 1.165) is 5.75 Å². The molecular formula is C13H13ClN2O2S. The van der Waals surface area contributed by atoms with Gasteiger partial charge in [0, 0.05) is 10.6 Å². The number of nitrogens with zero attached hydrogens (tertiary/aromatic N) is 1. The summed E-state index contributed by atoms with van der Waals surface area (Å²) in [6.45, 7) is 2.01. The molecule has 4 nitrogen and oxygen atoms in total. The van der Waals surface area contributed by atoms with E-state index >= 15 is 0 Å². The zero-order valence-corrected chi connectivity index (χ0v) is 11.9. The van der Waals surface area contributed by atoms with Gasteiger partial charge in [0.1, 0.15) is 11.4 Å². The Bertz CT molecular complexity index is 643. The molecule has 0 bridgehead atoms. The Morgan fingerprint density at radius 1 is 1.42 bits per heavy atom. The molecule has 0 atom stereocenters. The molecule has 1 aromatic heterocycles. The van der Waals surface area contributed by atoms with Crippen LogP contribution in [0.1, 0.15) is 12.7 Å². The van der Waals surface area contributed by atoms with Crippen LogP contribution in [0.3, 0.4) is 0 Å². The van der Waals surface area contributed by atoms with Crippen LogP contribution in [0.25, 0.3) is 11.1 Å². The highest BCUT2D eigenvalue weighted by Gasteiger charge is 2.15. The monoisotopic (exact) mass is 296 g/mol. The van der Waals surface area contributed by atoms with Crippen molar-refractivity contribution in [2.24, 2.45) is 0 Å². The Balaban J connectivity index is 2.49. The van der Waals surface area contributed by atoms with Gasteiger partial charge in [-0.05, 0) is 11.8 Å². The largest absolute Gasteiger partial charge is 0.493 e. The van der Waals surface area contributed by atoms with E-state index in [2.05, 4.69) is 9.97 Å². The van der Waals surface area contributed by atoms with E-state index in [4.69, 9.17) is 11.6 Å². The normalized spacial score (nSPS) is 10.6. The van der Waals surface area contributed by atoms with Crippen molar-refractivity contribution in [3.8, 4) is 17.0 Å². The number of aromatic amines is 1. The summed E-state index contributed by atoms with van der Waals surface area (Å²) in [7, 11) is 0. The topological polar surface area (TPSA) is 66.0 Å². The fraction of sp³-hybridized carbons (Fsp3) is 0.231. The number of hydrogen-bond donors (Lipinski definition) is 2. The molecule has 0 aliphatic heterocycles. The summed E-state index contributed by atoms with van der Waals surface area (Å²) in [5.74, 6) is 1.65. The number of aromatic nitrogens is 2. The standard InChI is InChI=1S/C13H13ClN2O2S/c1-2-19-7-10-15-12(17)11(13(18)16-10)8-5-3-4-6-9(8)14/h3-6H,2,7H2,1H3,(H2,15,16,17,18). The maximum atomic E-state index is 12.1. The van der Waals surface area contributed by atoms with E-state index in [-0.39, 0.29) is 17.0 Å². The summed E-state index contributed by atoms with van der Waals surface area (Å²) >= 11 is 7.64. The van der Waals surface area contributed by atoms with E-state index < -0.39 is 0 Å². The molecule has 0 aliphatic carbocycles. The molecule has 0 saturated heterocycles. The first-order valence-electron chi connectivity index (χ1n) is 5.78. The first-order valence-corrected chi connectivity index (χ1v) is 7.31. The van der Waals surface area contributed by atoms with Gasteiger partial charge in [-0.15, -0.1) is 0 Å². The van der Waals surface area contributed by atoms with Crippen LogP contribution in [0.4, 0.5) is 0 Å². The smallest absolute Gasteiger partial charge is 0.262 e. The van der Waals surface area contributed by atoms with Crippen molar-refractivity contribution in [2.45, 2.75) is 12.7 Å². The number of nitrogens with one attached hydrogen (secondary N) is 1. The summed E-state index contributed by atoms with van der Waals surface area (Å²) in [6, 6.07) is 6.85. The van der Waals surface area contributed by atoms with E-state index in [1.54, 1.807) is 36.0 Å². The third-order valence-electron chi connectivity index (χ3n) is 2.54. The molecule has 0 aliphatic rings. The number of benzene rings is 1. The maximum Gasteiger partial charge on any atom is 0.262 e. The lowest BCUT2D eigenvalue weighted by atomic mass is 10.1. The predicted octanol–water partition coefficient (Wildman–Crippen LogP) is 3.05. The van der Waals surface area contributed by atoms with Gasteiger partial charge in [-0.2, -0.15) is 16.7 Å². The lowest BCUT2D eigenvalue weighted by molar-refractivity contribution is 0.451. The second-order valence-electron chi connectivity index (χ2n) is 3.83. The number of halogens is 1. The Morgan fingerprint density at radius 3 is 2.79 bits per heavy atom. The average molecular weight is 297 g/mol. The van der Waals surface area contributed by atoms with E-state index in [9.17, 15) is 9.90 Å². The van der Waals surface area contributed by atoms with Crippen LogP contribution >= 0.6 is 23.4 Å². The van der Waals surface area contributed by atoms with Crippen LogP contribution < -0.4 is 5.56 Å². The molecule has 2 rings (SSSR count). The fourth-order valence-electron chi connectivity index (χ4n) is 1.68. The van der Waals surface area contributed by atoms with Gasteiger partial charge in [0.2, 0.25) is 5.88 Å². The quantitative estimate of drug-likeness (QED) is 0.910. The van der Waals surface area contributed by atoms with Gasteiger partial charge >= 0.3 is 0 Å². The van der Waals surface area contributed by atoms with Crippen molar-refractivity contribution < 1.29 is 5.11 Å². The van der Waals surface area contributed by atoms with Gasteiger partial charge in [-0.1, -0.05) is 36.7 Å². The minimum atomic E-state index is -0.382. The van der Waals surface area contributed by atoms with Gasteiger partial charge in [0.05, 0.1) is 5.75 Å². The summed E-state index contributed by atoms with van der Waals surface area (Å²) in [5, 5.41) is 10.4. The molecule has 0 unspecified atom stereocenters. The van der Waals surface area contributed by atoms with Crippen LogP contribution in [0.15, 0.2) is 29.1 Å². The summed E-state index contributed by atoms with van der Waals surface area (Å²) in [5.41, 5.74) is 0.202. The van der Waals surface area contributed by atoms with Crippen LogP contribution in [-0.4, -0.2) is 20.8 Å². The highest BCUT2D eigenvalue weighted by atomic mass is 35.5. The highest BCUT2D eigenvalue weighted by molar-refractivity contribution is 7.98. The molecule has 2 N–H and O–H groups in total. The predicted molar refractivity (Wildman–Crippen MR) is 78.8 cm³/mol. The van der Waals surface area contributed by atoms with Crippen molar-refractivity contribution in [1.82, 2.24) is 9.97 Å². The molecule has 100 valence electrons. The molecular weight excluding hydrogens is 284 g/mol. The molecule has 19 heavy (non-hydrogen) atoms. The Labute approximate surface area is 119 Å². The van der Waals surface area contributed by atoms with Gasteiger partial charge < -0.3 is 10.1 Å². The highest BCUT2D eigenvalue weighted by Crippen LogP contribution is 2.29. The summed E-state index contributed by atoms with van der Waals surface area (Å²) < 4.78 is 0. The van der Waals surface area contributed by atoms with Gasteiger partial charge in [-0.3, -0.25) is 4.79 Å². The van der Waals surface area contributed by atoms with E-state index in [1.165, 1.54) is 0 Å². The second kappa shape index (κ2) is 6.12. The van der Waals surface area contributed by atoms with Crippen molar-refractivity contribution >= 4 is 23.4 Å². The molecule has 0 amide bonds. The lowest BCUT2D eigenvalue weighted by Crippen LogP contribution is -2.13. The molecule has 0 saturated carbocycles. The van der Waals surface area contributed by atoms with Crippen LogP contribution in [0.2, 0.25) is 5.02 Å². The minimum Gasteiger partial charge on any atom is -0.493 e. The fourth-order valence-corrected chi connectivity index (χ4v) is 2.45. The second-order valence-corrected chi connectivity index (χ2v) is 5.51. The maximum absolute atomic E-state index is 12.1. The zero-order valence-electron chi connectivity index (χ0n) is 10.3. The molecule has 1 heterocycles. The minimum absolute atomic E-state index is 0.107. The number of H-pyrrole nitrogens is 1. The molecule has 0 spiro atoms. The number of thioether (sulfide) groups is 1. The van der Waals surface area contributed by atoms with Crippen molar-refractivity contribution in [3.05, 3.63) is 45.5 Å². The van der Waals surface area contributed by atoms with Crippen LogP contribution in [0.5, 0.6) is 5.88 Å². The van der Waals surface area contributed by atoms with Crippen molar-refractivity contribution in [3.63, 3.8) is 0 Å². The van der Waals surface area contributed by atoms with Gasteiger partial charge in [0.15, 0.2) is 0 Å². The van der Waals surface area contributed by atoms with Gasteiger partial charge in [-0.25, -0.2) is 0 Å². The Morgan fingerprint density at radius 2 is 2.16 bits per heavy atom. The summed E-state index contributed by atoms with van der Waals surface area (Å²) in [4.78, 5) is 18.7. The first-order chi connectivity index (χ1) is 9.13. The number of aromatic hydroxyl groups is 1. The number of rotatable bonds is 4. The third-order valence-corrected chi connectivity index (χ3v) is 3.75. The molecule has 6 heteroatoms. The Kier molecular flexibility index (Phi) is 4.50. The molecule has 0 radical (unpaired) electrons. The average Bonchev–Trinajstić information content (AvgIpc) is 2.38. The van der Waals surface area contributed by atoms with E-state index in [1.807, 2.05) is 6.92 Å². The van der Waals surface area contributed by atoms with Gasteiger partial charge in [0.25, 0.3) is 5.56 Å². The first kappa shape index (κ1) is 14.0. The van der Waals surface area contributed by atoms with Crippen LogP contribution in [-0.2, 0) is 5.75 Å². The summed E-state index contributed by atoms with van der Waals surface area (Å²) in [6.07, 6.45) is 0. The number of hydrogen-bond acceptors (Lipinski definition) is 4.